The number of aromatic nitrogens is 4. The van der Waals surface area contributed by atoms with Gasteiger partial charge >= 0.3 is 0 Å². The van der Waals surface area contributed by atoms with Crippen LogP contribution in [0.1, 0.15) is 24.0 Å². The van der Waals surface area contributed by atoms with E-state index in [1.54, 1.807) is 22.9 Å². The lowest BCUT2D eigenvalue weighted by Crippen LogP contribution is -2.32. The van der Waals surface area contributed by atoms with E-state index in [1.807, 2.05) is 26.8 Å². The molecule has 2 aromatic heterocycles. The Hall–Kier alpha value is -3.62. The maximum atomic E-state index is 12.8. The van der Waals surface area contributed by atoms with Crippen molar-refractivity contribution in [2.75, 3.05) is 19.5 Å². The average molecular weight is 411 g/mol. The third-order valence-electron chi connectivity index (χ3n) is 4.58. The Bertz CT molecular complexity index is 1130. The van der Waals surface area contributed by atoms with E-state index in [-0.39, 0.29) is 12.1 Å². The SMILES string of the molecule is CCc1cc(=O)n(CC(=O)Nc2cc(OC)ccc2OC)c(-n2nc(C)cc2C)n1. The number of nitrogens with one attached hydrogen (secondary N) is 1. The van der Waals surface area contributed by atoms with Crippen LogP contribution in [0.2, 0.25) is 0 Å². The lowest BCUT2D eigenvalue weighted by molar-refractivity contribution is -0.116. The van der Waals surface area contributed by atoms with Gasteiger partial charge in [-0.2, -0.15) is 5.10 Å². The number of amides is 1. The number of benzene rings is 1. The maximum Gasteiger partial charge on any atom is 0.255 e. The predicted molar refractivity (Wildman–Crippen MR) is 113 cm³/mol. The molecule has 3 aromatic rings. The minimum atomic E-state index is -0.405. The molecule has 0 aliphatic rings. The van der Waals surface area contributed by atoms with E-state index in [9.17, 15) is 9.59 Å². The molecule has 0 fully saturated rings. The van der Waals surface area contributed by atoms with Crippen molar-refractivity contribution in [2.45, 2.75) is 33.7 Å². The molecule has 0 radical (unpaired) electrons. The van der Waals surface area contributed by atoms with Crippen molar-refractivity contribution in [1.82, 2.24) is 19.3 Å². The normalized spacial score (nSPS) is 10.7. The number of nitrogens with zero attached hydrogens (tertiary/aromatic N) is 4. The summed E-state index contributed by atoms with van der Waals surface area (Å²) in [6.45, 7) is 5.41. The molecule has 9 heteroatoms. The molecule has 1 N–H and O–H groups in total. The molecular weight excluding hydrogens is 386 g/mol. The third-order valence-corrected chi connectivity index (χ3v) is 4.58. The molecule has 0 aliphatic heterocycles. The van der Waals surface area contributed by atoms with Gasteiger partial charge in [0.1, 0.15) is 18.0 Å². The fourth-order valence-corrected chi connectivity index (χ4v) is 3.11. The van der Waals surface area contributed by atoms with E-state index in [1.165, 1.54) is 24.9 Å². The Labute approximate surface area is 174 Å². The Morgan fingerprint density at radius 1 is 1.13 bits per heavy atom. The first-order chi connectivity index (χ1) is 14.4. The summed E-state index contributed by atoms with van der Waals surface area (Å²) in [5.41, 5.74) is 2.36. The summed E-state index contributed by atoms with van der Waals surface area (Å²) in [6, 6.07) is 8.40. The number of hydrogen-bond donors (Lipinski definition) is 1. The molecule has 0 saturated heterocycles. The summed E-state index contributed by atoms with van der Waals surface area (Å²) in [4.78, 5) is 30.1. The maximum absolute atomic E-state index is 12.8. The highest BCUT2D eigenvalue weighted by Gasteiger charge is 2.17. The van der Waals surface area contributed by atoms with Crippen molar-refractivity contribution in [3.05, 3.63) is 57.8 Å². The van der Waals surface area contributed by atoms with Gasteiger partial charge in [-0.15, -0.1) is 0 Å². The standard InChI is InChI=1S/C21H25N5O4/c1-6-15-10-20(28)25(21(22-15)26-14(3)9-13(2)24-26)12-19(27)23-17-11-16(29-4)7-8-18(17)30-5/h7-11H,6,12H2,1-5H3,(H,23,27). The van der Waals surface area contributed by atoms with E-state index in [4.69, 9.17) is 9.47 Å². The van der Waals surface area contributed by atoms with E-state index >= 15 is 0 Å². The number of rotatable bonds is 7. The summed E-state index contributed by atoms with van der Waals surface area (Å²) in [5.74, 6) is 0.950. The topological polar surface area (TPSA) is 100 Å². The molecule has 30 heavy (non-hydrogen) atoms. The molecule has 0 unspecified atom stereocenters. The predicted octanol–water partition coefficient (Wildman–Crippen LogP) is 2.26. The number of hydrogen-bond acceptors (Lipinski definition) is 6. The molecule has 158 valence electrons. The summed E-state index contributed by atoms with van der Waals surface area (Å²) in [7, 11) is 3.05. The van der Waals surface area contributed by atoms with Crippen molar-refractivity contribution in [3.63, 3.8) is 0 Å². The van der Waals surface area contributed by atoms with Crippen molar-refractivity contribution < 1.29 is 14.3 Å². The second kappa shape index (κ2) is 8.81. The highest BCUT2D eigenvalue weighted by Crippen LogP contribution is 2.28. The van der Waals surface area contributed by atoms with Crippen molar-refractivity contribution >= 4 is 11.6 Å². The van der Waals surface area contributed by atoms with Gasteiger partial charge in [0, 0.05) is 23.5 Å². The summed E-state index contributed by atoms with van der Waals surface area (Å²) in [5, 5.41) is 7.20. The number of carbonyl (C=O) groups excluding carboxylic acids is 1. The van der Waals surface area contributed by atoms with Gasteiger partial charge in [0.05, 0.1) is 25.6 Å². The first kappa shape index (κ1) is 21.1. The quantitative estimate of drug-likeness (QED) is 0.640. The Kier molecular flexibility index (Phi) is 6.20. The van der Waals surface area contributed by atoms with E-state index in [0.717, 1.165) is 11.4 Å². The molecule has 1 amide bonds. The van der Waals surface area contributed by atoms with Crippen LogP contribution in [0.25, 0.3) is 5.95 Å². The summed E-state index contributed by atoms with van der Waals surface area (Å²) < 4.78 is 13.4. The molecule has 0 aliphatic carbocycles. The molecule has 0 spiro atoms. The molecule has 2 heterocycles. The fraction of sp³-hybridized carbons (Fsp3) is 0.333. The van der Waals surface area contributed by atoms with Crippen LogP contribution in [0.5, 0.6) is 11.5 Å². The zero-order valence-corrected chi connectivity index (χ0v) is 17.7. The molecule has 9 nitrogen and oxygen atoms in total. The molecule has 1 aromatic carbocycles. The summed E-state index contributed by atoms with van der Waals surface area (Å²) >= 11 is 0. The van der Waals surface area contributed by atoms with Gasteiger partial charge in [0.25, 0.3) is 5.56 Å². The van der Waals surface area contributed by atoms with Crippen LogP contribution >= 0.6 is 0 Å². The lowest BCUT2D eigenvalue weighted by atomic mass is 10.2. The second-order valence-electron chi connectivity index (χ2n) is 6.78. The third kappa shape index (κ3) is 4.35. The van der Waals surface area contributed by atoms with Gasteiger partial charge in [-0.3, -0.25) is 14.2 Å². The van der Waals surface area contributed by atoms with E-state index in [2.05, 4.69) is 15.4 Å². The van der Waals surface area contributed by atoms with Crippen LogP contribution in [0.15, 0.2) is 35.1 Å². The van der Waals surface area contributed by atoms with Gasteiger partial charge < -0.3 is 14.8 Å². The van der Waals surface area contributed by atoms with Crippen molar-refractivity contribution in [1.29, 1.82) is 0 Å². The van der Waals surface area contributed by atoms with Crippen LogP contribution in [0.3, 0.4) is 0 Å². The zero-order valence-electron chi connectivity index (χ0n) is 17.7. The average Bonchev–Trinajstić information content (AvgIpc) is 3.06. The van der Waals surface area contributed by atoms with Crippen LogP contribution in [0.4, 0.5) is 5.69 Å². The minimum absolute atomic E-state index is 0.232. The number of anilines is 1. The number of aryl methyl sites for hydroxylation is 3. The largest absolute Gasteiger partial charge is 0.497 e. The van der Waals surface area contributed by atoms with Gasteiger partial charge in [0.2, 0.25) is 11.9 Å². The number of methoxy groups -OCH3 is 2. The molecule has 0 atom stereocenters. The van der Waals surface area contributed by atoms with E-state index in [0.29, 0.717) is 35.2 Å². The van der Waals surface area contributed by atoms with Crippen LogP contribution in [-0.2, 0) is 17.8 Å². The fourth-order valence-electron chi connectivity index (χ4n) is 3.11. The minimum Gasteiger partial charge on any atom is -0.497 e. The van der Waals surface area contributed by atoms with Crippen molar-refractivity contribution in [3.8, 4) is 17.4 Å². The van der Waals surface area contributed by atoms with Gasteiger partial charge in [-0.25, -0.2) is 9.67 Å². The highest BCUT2D eigenvalue weighted by atomic mass is 16.5. The monoisotopic (exact) mass is 411 g/mol. The smallest absolute Gasteiger partial charge is 0.255 e. The second-order valence-corrected chi connectivity index (χ2v) is 6.78. The van der Waals surface area contributed by atoms with Gasteiger partial charge in [0.15, 0.2) is 0 Å². The van der Waals surface area contributed by atoms with Crippen LogP contribution in [-0.4, -0.2) is 39.5 Å². The number of ether oxygens (including phenoxy) is 2. The van der Waals surface area contributed by atoms with Crippen LogP contribution < -0.4 is 20.3 Å². The molecule has 0 saturated carbocycles. The summed E-state index contributed by atoms with van der Waals surface area (Å²) in [6.07, 6.45) is 0.593. The lowest BCUT2D eigenvalue weighted by Gasteiger charge is -2.15. The van der Waals surface area contributed by atoms with Crippen LogP contribution in [0, 0.1) is 13.8 Å². The Balaban J connectivity index is 1.98. The zero-order chi connectivity index (χ0) is 21.8. The first-order valence-electron chi connectivity index (χ1n) is 9.52. The van der Waals surface area contributed by atoms with Gasteiger partial charge in [-0.05, 0) is 38.5 Å². The molecule has 3 rings (SSSR count). The van der Waals surface area contributed by atoms with E-state index < -0.39 is 5.91 Å². The number of carbonyl (C=O) groups is 1. The molecule has 0 bridgehead atoms. The highest BCUT2D eigenvalue weighted by molar-refractivity contribution is 5.92. The molecular formula is C21H25N5O4. The first-order valence-corrected chi connectivity index (χ1v) is 9.52. The Morgan fingerprint density at radius 2 is 1.90 bits per heavy atom. The Morgan fingerprint density at radius 3 is 2.50 bits per heavy atom. The van der Waals surface area contributed by atoms with Gasteiger partial charge in [-0.1, -0.05) is 6.92 Å². The van der Waals surface area contributed by atoms with Crippen molar-refractivity contribution in [2.24, 2.45) is 0 Å².